The van der Waals surface area contributed by atoms with Gasteiger partial charge in [0, 0.05) is 59.2 Å². The van der Waals surface area contributed by atoms with E-state index in [0.29, 0.717) is 6.71 Å². The second-order valence-corrected chi connectivity index (χ2v) is 24.7. The first-order valence-electron chi connectivity index (χ1n) is 29.9. The molecule has 0 amide bonds. The minimum atomic E-state index is 0.269. The van der Waals surface area contributed by atoms with E-state index in [9.17, 15) is 0 Å². The van der Waals surface area contributed by atoms with Crippen LogP contribution in [0.4, 0.5) is 34.1 Å². The first kappa shape index (κ1) is 46.9. The number of para-hydroxylation sites is 6. The lowest BCUT2D eigenvalue weighted by molar-refractivity contribution is 0.477. The highest BCUT2D eigenvalue weighted by molar-refractivity contribution is 7.26. The summed E-state index contributed by atoms with van der Waals surface area (Å²) in [4.78, 5) is 4.91. The van der Waals surface area contributed by atoms with Crippen molar-refractivity contribution >= 4 is 157 Å². The third-order valence-corrected chi connectivity index (χ3v) is 20.7. The number of thiophene rings is 1. The van der Waals surface area contributed by atoms with Gasteiger partial charge in [-0.25, -0.2) is 0 Å². The van der Waals surface area contributed by atoms with Gasteiger partial charge in [-0.15, -0.1) is 11.3 Å². The van der Waals surface area contributed by atoms with E-state index in [1.165, 1.54) is 159 Å². The third-order valence-electron chi connectivity index (χ3n) is 19.5. The summed E-state index contributed by atoms with van der Waals surface area (Å²) in [7, 11) is 0. The average molecular weight is 1110 g/mol. The monoisotopic (exact) mass is 1110 g/mol. The Labute approximate surface area is 502 Å². The van der Waals surface area contributed by atoms with Crippen molar-refractivity contribution in [3.63, 3.8) is 0 Å². The van der Waals surface area contributed by atoms with Crippen molar-refractivity contribution in [2.24, 2.45) is 0 Å². The molecular weight excluding hydrogens is 1060 g/mol. The summed E-state index contributed by atoms with van der Waals surface area (Å²) < 4.78 is 11.5. The summed E-state index contributed by atoms with van der Waals surface area (Å²) in [6, 6.07) is 102. The Hall–Kier alpha value is -10.5. The zero-order valence-corrected chi connectivity index (χ0v) is 47.3. The van der Waals surface area contributed by atoms with Crippen LogP contribution in [0.2, 0.25) is 0 Å². The molecule has 0 saturated heterocycles. The lowest BCUT2D eigenvalue weighted by Crippen LogP contribution is -2.55. The molecule has 0 fully saturated rings. The normalized spacial score (nSPS) is 13.6. The molecule has 0 bridgehead atoms. The quantitative estimate of drug-likeness (QED) is 0.153. The van der Waals surface area contributed by atoms with Crippen LogP contribution in [-0.2, 0) is 0 Å². The highest BCUT2D eigenvalue weighted by atomic mass is 32.1. The van der Waals surface area contributed by atoms with Crippen LogP contribution in [0.5, 0.6) is 11.5 Å². The Bertz CT molecular complexity index is 5480. The van der Waals surface area contributed by atoms with Crippen molar-refractivity contribution in [3.8, 4) is 50.6 Å². The molecule has 394 valence electrons. The Morgan fingerprint density at radius 3 is 1.49 bits per heavy atom. The second kappa shape index (κ2) is 17.5. The van der Waals surface area contributed by atoms with Gasteiger partial charge in [0.25, 0.3) is 0 Å². The highest BCUT2D eigenvalue weighted by Gasteiger charge is 2.46. The van der Waals surface area contributed by atoms with Crippen molar-refractivity contribution in [2.45, 2.75) is 0 Å². The van der Waals surface area contributed by atoms with Gasteiger partial charge in [-0.1, -0.05) is 229 Å². The van der Waals surface area contributed by atoms with Crippen molar-refractivity contribution in [1.29, 1.82) is 0 Å². The molecule has 0 atom stereocenters. The number of anilines is 6. The van der Waals surface area contributed by atoms with Gasteiger partial charge >= 0.3 is 0 Å². The van der Waals surface area contributed by atoms with Crippen LogP contribution in [-0.4, -0.2) is 24.7 Å². The summed E-state index contributed by atoms with van der Waals surface area (Å²) in [6.45, 7) is 0.885. The van der Waals surface area contributed by atoms with Crippen LogP contribution in [0.15, 0.2) is 279 Å². The van der Waals surface area contributed by atoms with E-state index in [1.54, 1.807) is 0 Å². The van der Waals surface area contributed by atoms with E-state index in [4.69, 9.17) is 4.74 Å². The average Bonchev–Trinajstić information content (AvgIpc) is 1.62. The summed E-state index contributed by atoms with van der Waals surface area (Å²) in [5, 5.41) is 5.42. The van der Waals surface area contributed by atoms with Gasteiger partial charge in [0.1, 0.15) is 0 Å². The van der Waals surface area contributed by atoms with E-state index in [0.717, 1.165) is 17.2 Å². The molecule has 0 spiro atoms. The predicted octanol–water partition coefficient (Wildman–Crippen LogP) is 14.0. The van der Waals surface area contributed by atoms with E-state index in [1.807, 2.05) is 17.4 Å². The van der Waals surface area contributed by atoms with Crippen molar-refractivity contribution in [1.82, 2.24) is 4.57 Å². The van der Waals surface area contributed by atoms with E-state index < -0.39 is 0 Å². The molecule has 0 N–H and O–H groups in total. The van der Waals surface area contributed by atoms with Gasteiger partial charge in [-0.3, -0.25) is 0 Å². The van der Waals surface area contributed by atoms with E-state index in [-0.39, 0.29) is 13.4 Å². The molecule has 0 aliphatic carbocycles. The fourth-order valence-electron chi connectivity index (χ4n) is 16.4. The number of nitrogens with zero attached hydrogens (tertiary/aromatic N) is 3. The molecule has 7 aliphatic rings. The van der Waals surface area contributed by atoms with Crippen molar-refractivity contribution in [3.05, 3.63) is 279 Å². The SMILES string of the molecule is c1ccc(N2c3cccc4c3B(c3ccccc3-4)c3ccc4sc5ccccc5c4c32)cc1.c1ccc2c(c1)B1c3c-2cccc3-n2c3ccccc3c3cccc1c32.c1ccc2c(c1)Oc1cccc3c1N2c1cccc2c1B3c1ccccc1-2. The Kier molecular flexibility index (Phi) is 9.56. The standard InChI is InChI=1S/C30H18BNS.C24H14BNO.C24H14BN/c1-2-9-19(10-3-1)32-25-15-8-13-21-20-11-4-6-14-23(20)31(29(21)25)24-17-18-27-28(30(24)32)22-12-5-7-16-26(22)33-27;1-2-9-17-15(7-1)16-8-5-12-20-23(16)25(17)18-10-6-14-22-24(18)26(20)19-11-3-4-13-21(19)27-22;1-3-11-19-15(7-1)17-9-6-14-22-23(17)25(19)20-12-5-10-18-16-8-2-4-13-21(16)26(22)24(18)20/h1-18H;1-14H;1-14H. The lowest BCUT2D eigenvalue weighted by atomic mass is 9.37. The van der Waals surface area contributed by atoms with Crippen LogP contribution in [0, 0.1) is 0 Å². The molecule has 7 aliphatic heterocycles. The fourth-order valence-corrected chi connectivity index (χ4v) is 17.5. The number of ether oxygens (including phenoxy) is 1. The number of rotatable bonds is 1. The molecule has 22 rings (SSSR count). The van der Waals surface area contributed by atoms with Crippen LogP contribution in [0.1, 0.15) is 0 Å². The van der Waals surface area contributed by atoms with Gasteiger partial charge in [0.2, 0.25) is 20.1 Å². The summed E-state index contributed by atoms with van der Waals surface area (Å²) in [5.41, 5.74) is 32.4. The zero-order valence-electron chi connectivity index (χ0n) is 46.4. The number of hydrogen-bond donors (Lipinski definition) is 0. The summed E-state index contributed by atoms with van der Waals surface area (Å²) >= 11 is 1.89. The molecular formula is C78H46B3N3OS. The van der Waals surface area contributed by atoms with Crippen LogP contribution < -0.4 is 63.7 Å². The maximum Gasteiger partial charge on any atom is 0.248 e. The molecule has 2 aromatic heterocycles. The second-order valence-electron chi connectivity index (χ2n) is 23.6. The van der Waals surface area contributed by atoms with Gasteiger partial charge in [-0.2, -0.15) is 0 Å². The van der Waals surface area contributed by atoms with E-state index in [2.05, 4.69) is 287 Å². The number of benzene rings is 13. The van der Waals surface area contributed by atoms with Gasteiger partial charge in [0.05, 0.1) is 22.6 Å². The predicted molar refractivity (Wildman–Crippen MR) is 366 cm³/mol. The first-order valence-corrected chi connectivity index (χ1v) is 30.7. The molecule has 4 nitrogen and oxygen atoms in total. The largest absolute Gasteiger partial charge is 0.453 e. The fraction of sp³-hybridized carbons (Fsp3) is 0. The van der Waals surface area contributed by atoms with Gasteiger partial charge in [-0.05, 0) is 133 Å². The van der Waals surface area contributed by atoms with Crippen molar-refractivity contribution < 1.29 is 4.74 Å². The van der Waals surface area contributed by atoms with Crippen LogP contribution >= 0.6 is 11.3 Å². The van der Waals surface area contributed by atoms with Crippen LogP contribution in [0.25, 0.3) is 81.0 Å². The Morgan fingerprint density at radius 2 is 0.767 bits per heavy atom. The molecule has 15 aromatic rings. The topological polar surface area (TPSA) is 20.6 Å². The van der Waals surface area contributed by atoms with Gasteiger partial charge in [0.15, 0.2) is 11.5 Å². The highest BCUT2D eigenvalue weighted by Crippen LogP contribution is 2.52. The first-order chi connectivity index (χ1) is 42.7. The maximum absolute atomic E-state index is 6.30. The third kappa shape index (κ3) is 6.15. The van der Waals surface area contributed by atoms with E-state index >= 15 is 0 Å². The molecule has 0 saturated carbocycles. The number of aromatic nitrogens is 1. The molecule has 0 radical (unpaired) electrons. The molecule has 9 heterocycles. The van der Waals surface area contributed by atoms with Crippen molar-refractivity contribution in [2.75, 3.05) is 9.80 Å². The molecule has 86 heavy (non-hydrogen) atoms. The van der Waals surface area contributed by atoms with Gasteiger partial charge < -0.3 is 19.1 Å². The minimum Gasteiger partial charge on any atom is -0.453 e. The molecule has 8 heteroatoms. The lowest BCUT2D eigenvalue weighted by Gasteiger charge is -2.40. The van der Waals surface area contributed by atoms with Crippen LogP contribution in [0.3, 0.4) is 0 Å². The maximum atomic E-state index is 6.30. The summed E-state index contributed by atoms with van der Waals surface area (Å²) in [6.07, 6.45) is 0. The summed E-state index contributed by atoms with van der Waals surface area (Å²) in [5.74, 6) is 1.85. The smallest absolute Gasteiger partial charge is 0.248 e. The number of hydrogen-bond acceptors (Lipinski definition) is 4. The zero-order chi connectivity index (χ0) is 55.9. The molecule has 0 unspecified atom stereocenters. The number of fused-ring (bicyclic) bond motifs is 24. The Balaban J connectivity index is 0.0000000924. The molecule has 13 aromatic carbocycles. The minimum absolute atomic E-state index is 0.269. The Morgan fingerprint density at radius 1 is 0.291 bits per heavy atom.